The molecule has 3 atom stereocenters. The summed E-state index contributed by atoms with van der Waals surface area (Å²) in [5.41, 5.74) is 1.12. The van der Waals surface area contributed by atoms with Gasteiger partial charge >= 0.3 is 0 Å². The molecule has 0 radical (unpaired) electrons. The first-order valence-corrected chi connectivity index (χ1v) is 8.46. The van der Waals surface area contributed by atoms with E-state index in [0.717, 1.165) is 31.1 Å². The molecule has 1 aromatic carbocycles. The Morgan fingerprint density at radius 3 is 3.00 bits per heavy atom. The van der Waals surface area contributed by atoms with E-state index in [9.17, 15) is 5.11 Å². The van der Waals surface area contributed by atoms with Crippen LogP contribution in [0.25, 0.3) is 0 Å². The molecule has 3 N–H and O–H groups in total. The van der Waals surface area contributed by atoms with Crippen LogP contribution in [0.4, 0.5) is 0 Å². The Kier molecular flexibility index (Phi) is 4.48. The van der Waals surface area contributed by atoms with Gasteiger partial charge in [0.15, 0.2) is 5.96 Å². The van der Waals surface area contributed by atoms with Crippen molar-refractivity contribution in [1.82, 2.24) is 10.6 Å². The van der Waals surface area contributed by atoms with Gasteiger partial charge in [0.25, 0.3) is 0 Å². The minimum absolute atomic E-state index is 0.127. The van der Waals surface area contributed by atoms with Gasteiger partial charge in [0.05, 0.1) is 12.6 Å². The number of rotatable bonds is 4. The second-order valence-electron chi connectivity index (χ2n) is 7.05. The average molecular weight is 317 g/mol. The third-order valence-corrected chi connectivity index (χ3v) is 5.07. The predicted molar refractivity (Wildman–Crippen MR) is 91.5 cm³/mol. The van der Waals surface area contributed by atoms with Crippen LogP contribution in [-0.2, 0) is 11.3 Å². The number of hydrogen-bond acceptors (Lipinski definition) is 3. The Bertz CT molecular complexity index is 585. The van der Waals surface area contributed by atoms with Crippen molar-refractivity contribution in [2.75, 3.05) is 13.2 Å². The largest absolute Gasteiger partial charge is 0.508 e. The molecule has 23 heavy (non-hydrogen) atoms. The van der Waals surface area contributed by atoms with E-state index in [-0.39, 0.29) is 11.2 Å². The molecule has 5 nitrogen and oxygen atoms in total. The average Bonchev–Trinajstić information content (AvgIpc) is 2.97. The molecule has 1 saturated carbocycles. The Morgan fingerprint density at radius 2 is 2.26 bits per heavy atom. The summed E-state index contributed by atoms with van der Waals surface area (Å²) in [5, 5.41) is 16.5. The minimum Gasteiger partial charge on any atom is -0.508 e. The summed E-state index contributed by atoms with van der Waals surface area (Å²) >= 11 is 0. The van der Waals surface area contributed by atoms with Crippen molar-refractivity contribution >= 4 is 5.96 Å². The van der Waals surface area contributed by atoms with Gasteiger partial charge in [0.2, 0.25) is 0 Å². The van der Waals surface area contributed by atoms with Crippen LogP contribution in [0.2, 0.25) is 0 Å². The van der Waals surface area contributed by atoms with Gasteiger partial charge in [0, 0.05) is 30.5 Å². The molecule has 1 aliphatic heterocycles. The fourth-order valence-corrected chi connectivity index (χ4v) is 3.91. The molecular formula is C18H27N3O2. The third-order valence-electron chi connectivity index (χ3n) is 5.07. The number of fused-ring (bicyclic) bond motifs is 1. The maximum Gasteiger partial charge on any atom is 0.191 e. The van der Waals surface area contributed by atoms with Crippen LogP contribution < -0.4 is 10.6 Å². The highest BCUT2D eigenvalue weighted by atomic mass is 16.5. The van der Waals surface area contributed by atoms with Crippen LogP contribution in [0.5, 0.6) is 5.75 Å². The van der Waals surface area contributed by atoms with Crippen LogP contribution in [0.3, 0.4) is 0 Å². The highest BCUT2D eigenvalue weighted by Crippen LogP contribution is 2.52. The van der Waals surface area contributed by atoms with Crippen molar-refractivity contribution in [1.29, 1.82) is 0 Å². The summed E-state index contributed by atoms with van der Waals surface area (Å²) in [4.78, 5) is 4.67. The molecule has 126 valence electrons. The quantitative estimate of drug-likeness (QED) is 0.589. The molecule has 3 rings (SSSR count). The Morgan fingerprint density at radius 1 is 1.43 bits per heavy atom. The first kappa shape index (κ1) is 16.1. The second-order valence-corrected chi connectivity index (χ2v) is 7.05. The van der Waals surface area contributed by atoms with Crippen molar-refractivity contribution in [2.45, 2.75) is 45.9 Å². The molecule has 1 aliphatic carbocycles. The lowest BCUT2D eigenvalue weighted by molar-refractivity contribution is -0.106. The zero-order chi connectivity index (χ0) is 16.4. The number of guanidine groups is 1. The van der Waals surface area contributed by atoms with Gasteiger partial charge < -0.3 is 20.5 Å². The van der Waals surface area contributed by atoms with E-state index in [1.54, 1.807) is 12.1 Å². The summed E-state index contributed by atoms with van der Waals surface area (Å²) in [6.45, 7) is 8.82. The maximum atomic E-state index is 9.55. The topological polar surface area (TPSA) is 65.9 Å². The Hall–Kier alpha value is -1.75. The van der Waals surface area contributed by atoms with E-state index in [1.165, 1.54) is 0 Å². The van der Waals surface area contributed by atoms with E-state index in [4.69, 9.17) is 4.74 Å². The molecule has 1 aromatic rings. The SMILES string of the molecule is CCNC(=NCc1cccc(O)c1)NC1C2CCOC2C1(C)C. The van der Waals surface area contributed by atoms with E-state index in [2.05, 4.69) is 36.4 Å². The molecule has 0 bridgehead atoms. The number of nitrogens with zero attached hydrogens (tertiary/aromatic N) is 1. The van der Waals surface area contributed by atoms with E-state index < -0.39 is 0 Å². The van der Waals surface area contributed by atoms with Gasteiger partial charge in [-0.15, -0.1) is 0 Å². The van der Waals surface area contributed by atoms with Crippen LogP contribution in [-0.4, -0.2) is 36.4 Å². The summed E-state index contributed by atoms with van der Waals surface area (Å²) < 4.78 is 5.85. The van der Waals surface area contributed by atoms with Crippen molar-refractivity contribution < 1.29 is 9.84 Å². The third kappa shape index (κ3) is 3.15. The molecule has 0 amide bonds. The molecule has 2 fully saturated rings. The minimum atomic E-state index is 0.127. The predicted octanol–water partition coefficient (Wildman–Crippen LogP) is 2.26. The zero-order valence-electron chi connectivity index (χ0n) is 14.2. The highest BCUT2D eigenvalue weighted by Gasteiger charge is 2.59. The number of aromatic hydroxyl groups is 1. The summed E-state index contributed by atoms with van der Waals surface area (Å²) in [6, 6.07) is 7.63. The van der Waals surface area contributed by atoms with E-state index in [1.807, 2.05) is 12.1 Å². The smallest absolute Gasteiger partial charge is 0.191 e. The van der Waals surface area contributed by atoms with Crippen LogP contribution in [0.15, 0.2) is 29.3 Å². The van der Waals surface area contributed by atoms with Gasteiger partial charge in [-0.3, -0.25) is 0 Å². The van der Waals surface area contributed by atoms with Crippen molar-refractivity contribution in [3.8, 4) is 5.75 Å². The Labute approximate surface area is 138 Å². The monoisotopic (exact) mass is 317 g/mol. The number of aliphatic imine (C=N–C) groups is 1. The Balaban J connectivity index is 1.68. The number of benzene rings is 1. The highest BCUT2D eigenvalue weighted by molar-refractivity contribution is 5.80. The molecular weight excluding hydrogens is 290 g/mol. The van der Waals surface area contributed by atoms with Crippen molar-refractivity contribution in [3.63, 3.8) is 0 Å². The lowest BCUT2D eigenvalue weighted by Crippen LogP contribution is -2.67. The van der Waals surface area contributed by atoms with Crippen molar-refractivity contribution in [3.05, 3.63) is 29.8 Å². The number of ether oxygens (including phenoxy) is 1. The van der Waals surface area contributed by atoms with Gasteiger partial charge in [-0.2, -0.15) is 0 Å². The summed E-state index contributed by atoms with van der Waals surface area (Å²) in [6.07, 6.45) is 1.49. The molecule has 0 aromatic heterocycles. The summed E-state index contributed by atoms with van der Waals surface area (Å²) in [5.74, 6) is 1.69. The molecule has 1 saturated heterocycles. The molecule has 2 aliphatic rings. The normalized spacial score (nSPS) is 28.8. The van der Waals surface area contributed by atoms with Gasteiger partial charge in [-0.25, -0.2) is 4.99 Å². The molecule has 3 unspecified atom stereocenters. The van der Waals surface area contributed by atoms with Gasteiger partial charge in [0.1, 0.15) is 5.75 Å². The standard InChI is InChI=1S/C18H27N3O2/c1-4-19-17(20-11-12-6-5-7-13(22)10-12)21-15-14-8-9-23-16(14)18(15,2)3/h5-7,10,14-16,22H,4,8-9,11H2,1-3H3,(H2,19,20,21). The number of hydrogen-bond donors (Lipinski definition) is 3. The maximum absolute atomic E-state index is 9.55. The second kappa shape index (κ2) is 6.40. The number of phenolic OH excluding ortho intramolecular Hbond substituents is 1. The lowest BCUT2D eigenvalue weighted by Gasteiger charge is -2.54. The molecule has 5 heteroatoms. The fourth-order valence-electron chi connectivity index (χ4n) is 3.91. The van der Waals surface area contributed by atoms with Crippen molar-refractivity contribution in [2.24, 2.45) is 16.3 Å². The van der Waals surface area contributed by atoms with E-state index >= 15 is 0 Å². The fraction of sp³-hybridized carbons (Fsp3) is 0.611. The number of phenols is 1. The first-order chi connectivity index (χ1) is 11.0. The van der Waals surface area contributed by atoms with E-state index in [0.29, 0.717) is 24.6 Å². The van der Waals surface area contributed by atoms with Gasteiger partial charge in [-0.1, -0.05) is 26.0 Å². The lowest BCUT2D eigenvalue weighted by atomic mass is 9.57. The van der Waals surface area contributed by atoms with Crippen LogP contribution in [0.1, 0.15) is 32.8 Å². The molecule has 1 heterocycles. The van der Waals surface area contributed by atoms with Crippen LogP contribution in [0, 0.1) is 11.3 Å². The number of nitrogens with one attached hydrogen (secondary N) is 2. The molecule has 0 spiro atoms. The first-order valence-electron chi connectivity index (χ1n) is 8.46. The summed E-state index contributed by atoms with van der Waals surface area (Å²) in [7, 11) is 0. The van der Waals surface area contributed by atoms with Gasteiger partial charge in [-0.05, 0) is 31.0 Å². The zero-order valence-corrected chi connectivity index (χ0v) is 14.2. The van der Waals surface area contributed by atoms with Crippen LogP contribution >= 0.6 is 0 Å².